The van der Waals surface area contributed by atoms with Crippen molar-refractivity contribution in [1.82, 2.24) is 10.3 Å². The fraction of sp³-hybridized carbons (Fsp3) is 0.300. The summed E-state index contributed by atoms with van der Waals surface area (Å²) in [5.74, 6) is 5.28. The summed E-state index contributed by atoms with van der Waals surface area (Å²) in [6.45, 7) is 2.27. The van der Waals surface area contributed by atoms with E-state index < -0.39 is 5.95 Å². The van der Waals surface area contributed by atoms with E-state index in [9.17, 15) is 4.39 Å². The van der Waals surface area contributed by atoms with Gasteiger partial charge in [0.1, 0.15) is 0 Å². The predicted octanol–water partition coefficient (Wildman–Crippen LogP) is 1.10. The molecule has 0 fully saturated rings. The topological polar surface area (TPSA) is 24.9 Å². The van der Waals surface area contributed by atoms with Crippen molar-refractivity contribution in [1.29, 1.82) is 0 Å². The van der Waals surface area contributed by atoms with Gasteiger partial charge in [-0.15, -0.1) is 0 Å². The van der Waals surface area contributed by atoms with E-state index in [4.69, 9.17) is 0 Å². The number of pyridine rings is 1. The van der Waals surface area contributed by atoms with E-state index in [0.717, 1.165) is 0 Å². The molecule has 1 rings (SSSR count). The first kappa shape index (κ1) is 9.69. The minimum atomic E-state index is -0.448. The van der Waals surface area contributed by atoms with Crippen LogP contribution >= 0.6 is 0 Å². The largest absolute Gasteiger partial charge is 0.309 e. The number of nitrogens with one attached hydrogen (secondary N) is 1. The zero-order chi connectivity index (χ0) is 9.68. The molecular weight excluding hydrogens is 167 g/mol. The average molecular weight is 178 g/mol. The molecule has 0 amide bonds. The highest BCUT2D eigenvalue weighted by molar-refractivity contribution is 5.39. The molecule has 0 radical (unpaired) electrons. The Morgan fingerprint density at radius 2 is 2.38 bits per heavy atom. The van der Waals surface area contributed by atoms with Crippen LogP contribution in [0, 0.1) is 24.7 Å². The van der Waals surface area contributed by atoms with Gasteiger partial charge in [-0.05, 0) is 20.0 Å². The van der Waals surface area contributed by atoms with Crippen molar-refractivity contribution in [3.05, 3.63) is 29.3 Å². The van der Waals surface area contributed by atoms with E-state index in [-0.39, 0.29) is 0 Å². The lowest BCUT2D eigenvalue weighted by Crippen LogP contribution is -2.04. The Morgan fingerprint density at radius 1 is 1.62 bits per heavy atom. The van der Waals surface area contributed by atoms with Gasteiger partial charge in [-0.1, -0.05) is 11.8 Å². The Bertz CT molecular complexity index is 350. The molecule has 0 unspecified atom stereocenters. The summed E-state index contributed by atoms with van der Waals surface area (Å²) in [6, 6.07) is 1.71. The van der Waals surface area contributed by atoms with Crippen molar-refractivity contribution in [2.45, 2.75) is 6.92 Å². The van der Waals surface area contributed by atoms with Crippen molar-refractivity contribution in [2.24, 2.45) is 0 Å². The van der Waals surface area contributed by atoms with Crippen LogP contribution in [0.3, 0.4) is 0 Å². The molecule has 0 aliphatic heterocycles. The highest BCUT2D eigenvalue weighted by Gasteiger charge is 2.00. The first-order chi connectivity index (χ1) is 6.25. The van der Waals surface area contributed by atoms with Crippen molar-refractivity contribution >= 4 is 0 Å². The lowest BCUT2D eigenvalue weighted by molar-refractivity contribution is 0.574. The summed E-state index contributed by atoms with van der Waals surface area (Å²) in [5.41, 5.74) is 1.20. The minimum Gasteiger partial charge on any atom is -0.309 e. The van der Waals surface area contributed by atoms with E-state index in [1.165, 1.54) is 6.20 Å². The van der Waals surface area contributed by atoms with Crippen LogP contribution in [0.1, 0.15) is 11.1 Å². The molecule has 0 aliphatic rings. The maximum atomic E-state index is 12.9. The number of hydrogen-bond acceptors (Lipinski definition) is 2. The minimum absolute atomic E-state index is 0.448. The molecule has 0 saturated heterocycles. The molecule has 0 aliphatic carbocycles. The molecule has 1 aromatic heterocycles. The second-order valence-corrected chi connectivity index (χ2v) is 2.61. The van der Waals surface area contributed by atoms with Gasteiger partial charge in [0, 0.05) is 17.3 Å². The fourth-order valence-electron chi connectivity index (χ4n) is 0.873. The lowest BCUT2D eigenvalue weighted by atomic mass is 10.1. The molecule has 13 heavy (non-hydrogen) atoms. The van der Waals surface area contributed by atoms with Crippen LogP contribution in [-0.2, 0) is 0 Å². The Balaban J connectivity index is 2.91. The third-order valence-electron chi connectivity index (χ3n) is 1.63. The van der Waals surface area contributed by atoms with Crippen LogP contribution in [0.25, 0.3) is 0 Å². The molecule has 68 valence electrons. The van der Waals surface area contributed by atoms with E-state index in [1.54, 1.807) is 13.0 Å². The number of nitrogens with zero attached hydrogens (tertiary/aromatic N) is 1. The summed E-state index contributed by atoms with van der Waals surface area (Å²) in [5, 5.41) is 2.89. The number of halogens is 1. The van der Waals surface area contributed by atoms with E-state index >= 15 is 0 Å². The highest BCUT2D eigenvalue weighted by atomic mass is 19.1. The van der Waals surface area contributed by atoms with Crippen molar-refractivity contribution in [3.8, 4) is 11.8 Å². The third kappa shape index (κ3) is 2.53. The Hall–Kier alpha value is -1.40. The molecule has 1 N–H and O–H groups in total. The molecule has 1 heterocycles. The zero-order valence-corrected chi connectivity index (χ0v) is 7.69. The van der Waals surface area contributed by atoms with Gasteiger partial charge in [0.15, 0.2) is 0 Å². The summed E-state index contributed by atoms with van der Waals surface area (Å²) in [6.07, 6.45) is 1.42. The van der Waals surface area contributed by atoms with E-state index in [1.807, 2.05) is 7.05 Å². The molecule has 2 nitrogen and oxygen atoms in total. The van der Waals surface area contributed by atoms with Gasteiger partial charge in [-0.3, -0.25) is 0 Å². The molecule has 0 atom stereocenters. The number of rotatable bonds is 1. The average Bonchev–Trinajstić information content (AvgIpc) is 2.13. The fourth-order valence-corrected chi connectivity index (χ4v) is 0.873. The molecule has 3 heteroatoms. The Morgan fingerprint density at radius 3 is 3.08 bits per heavy atom. The summed E-state index contributed by atoms with van der Waals surface area (Å²) in [4.78, 5) is 3.52. The van der Waals surface area contributed by atoms with Crippen LogP contribution < -0.4 is 5.32 Å². The van der Waals surface area contributed by atoms with Gasteiger partial charge < -0.3 is 5.32 Å². The van der Waals surface area contributed by atoms with Gasteiger partial charge >= 0.3 is 0 Å². The summed E-state index contributed by atoms with van der Waals surface area (Å²) >= 11 is 0. The van der Waals surface area contributed by atoms with Crippen LogP contribution in [0.2, 0.25) is 0 Å². The van der Waals surface area contributed by atoms with E-state index in [2.05, 4.69) is 22.1 Å². The molecule has 0 aromatic carbocycles. The highest BCUT2D eigenvalue weighted by Crippen LogP contribution is 2.07. The van der Waals surface area contributed by atoms with Crippen LogP contribution in [0.15, 0.2) is 12.3 Å². The van der Waals surface area contributed by atoms with Crippen LogP contribution in [-0.4, -0.2) is 18.6 Å². The molecule has 0 bridgehead atoms. The third-order valence-corrected chi connectivity index (χ3v) is 1.63. The zero-order valence-electron chi connectivity index (χ0n) is 7.69. The van der Waals surface area contributed by atoms with Crippen molar-refractivity contribution in [3.63, 3.8) is 0 Å². The summed E-state index contributed by atoms with van der Waals surface area (Å²) < 4.78 is 12.9. The van der Waals surface area contributed by atoms with Gasteiger partial charge in [0.05, 0.1) is 6.54 Å². The molecule has 0 spiro atoms. The van der Waals surface area contributed by atoms with Gasteiger partial charge in [-0.25, -0.2) is 4.98 Å². The molecule has 0 saturated carbocycles. The maximum Gasteiger partial charge on any atom is 0.216 e. The van der Waals surface area contributed by atoms with Crippen LogP contribution in [0.4, 0.5) is 4.39 Å². The van der Waals surface area contributed by atoms with Gasteiger partial charge in [0.25, 0.3) is 0 Å². The van der Waals surface area contributed by atoms with Gasteiger partial charge in [-0.2, -0.15) is 4.39 Å². The lowest BCUT2D eigenvalue weighted by Gasteiger charge is -1.96. The first-order valence-electron chi connectivity index (χ1n) is 4.00. The second kappa shape index (κ2) is 4.58. The first-order valence-corrected chi connectivity index (χ1v) is 4.00. The number of aromatic nitrogens is 1. The monoisotopic (exact) mass is 178 g/mol. The smallest absolute Gasteiger partial charge is 0.216 e. The summed E-state index contributed by atoms with van der Waals surface area (Å²) in [7, 11) is 1.81. The quantitative estimate of drug-likeness (QED) is 0.514. The SMILES string of the molecule is CNCC#Cc1ccnc(F)c1C. The predicted molar refractivity (Wildman–Crippen MR) is 49.7 cm³/mol. The molecular formula is C10H11FN2. The van der Waals surface area contributed by atoms with E-state index in [0.29, 0.717) is 17.7 Å². The van der Waals surface area contributed by atoms with Gasteiger partial charge in [0.2, 0.25) is 5.95 Å². The normalized spacial score (nSPS) is 9.15. The maximum absolute atomic E-state index is 12.9. The van der Waals surface area contributed by atoms with Crippen molar-refractivity contribution < 1.29 is 4.39 Å². The standard InChI is InChI=1S/C10H11FN2/c1-8-9(4-3-6-12-2)5-7-13-10(8)11/h5,7,12H,6H2,1-2H3. The Labute approximate surface area is 77.2 Å². The second-order valence-electron chi connectivity index (χ2n) is 2.61. The van der Waals surface area contributed by atoms with Crippen molar-refractivity contribution in [2.75, 3.05) is 13.6 Å². The van der Waals surface area contributed by atoms with Crippen LogP contribution in [0.5, 0.6) is 0 Å². The molecule has 1 aromatic rings. The Kier molecular flexibility index (Phi) is 3.41. The number of hydrogen-bond donors (Lipinski definition) is 1.